The van der Waals surface area contributed by atoms with E-state index in [0.29, 0.717) is 37.2 Å². The fraction of sp³-hybridized carbons (Fsp3) is 0.364. The highest BCUT2D eigenvalue weighted by molar-refractivity contribution is 9.10. The zero-order valence-corrected chi connectivity index (χ0v) is 18.8. The summed E-state index contributed by atoms with van der Waals surface area (Å²) < 4.78 is 11.8. The van der Waals surface area contributed by atoms with Crippen molar-refractivity contribution in [2.75, 3.05) is 25.0 Å². The van der Waals surface area contributed by atoms with E-state index in [2.05, 4.69) is 41.3 Å². The summed E-state index contributed by atoms with van der Waals surface area (Å²) in [4.78, 5) is 23.6. The van der Waals surface area contributed by atoms with Crippen molar-refractivity contribution in [3.05, 3.63) is 53.0 Å². The third-order valence-electron chi connectivity index (χ3n) is 5.11. The zero-order valence-electron chi connectivity index (χ0n) is 17.3. The number of piperidine rings is 1. The Balaban J connectivity index is 1.34. The number of ether oxygens (including phenoxy) is 1. The molecular formula is C22H24BrN5O3. The molecule has 1 aliphatic heterocycles. The molecule has 0 unspecified atom stereocenters. The second kappa shape index (κ2) is 10.0. The Hall–Kier alpha value is -2.78. The van der Waals surface area contributed by atoms with Gasteiger partial charge in [-0.15, -0.1) is 0 Å². The summed E-state index contributed by atoms with van der Waals surface area (Å²) >= 11 is 3.35. The number of amides is 1. The Bertz CT molecular complexity index is 1010. The predicted octanol–water partition coefficient (Wildman–Crippen LogP) is 4.14. The lowest BCUT2D eigenvalue weighted by Crippen LogP contribution is -2.40. The SMILES string of the molecule is CCOc1ccc(-c2noc(CN3CCC[C@H](C(=O)Nc4ccc(Br)cn4)C3)n2)cc1. The molecule has 0 radical (unpaired) electrons. The monoisotopic (exact) mass is 485 g/mol. The summed E-state index contributed by atoms with van der Waals surface area (Å²) in [6.07, 6.45) is 3.45. The fourth-order valence-electron chi connectivity index (χ4n) is 3.59. The maximum atomic E-state index is 12.7. The number of pyridine rings is 1. The summed E-state index contributed by atoms with van der Waals surface area (Å²) in [5.41, 5.74) is 0.872. The van der Waals surface area contributed by atoms with Gasteiger partial charge in [0.15, 0.2) is 0 Å². The van der Waals surface area contributed by atoms with Crippen molar-refractivity contribution < 1.29 is 14.1 Å². The molecule has 1 saturated heterocycles. The van der Waals surface area contributed by atoms with E-state index in [9.17, 15) is 4.79 Å². The number of likely N-dealkylation sites (tertiary alicyclic amines) is 1. The maximum absolute atomic E-state index is 12.7. The molecule has 1 amide bonds. The minimum atomic E-state index is -0.104. The molecule has 1 fully saturated rings. The van der Waals surface area contributed by atoms with Crippen LogP contribution >= 0.6 is 15.9 Å². The van der Waals surface area contributed by atoms with Crippen LogP contribution in [0.3, 0.4) is 0 Å². The van der Waals surface area contributed by atoms with Gasteiger partial charge in [0.1, 0.15) is 11.6 Å². The van der Waals surface area contributed by atoms with Gasteiger partial charge in [-0.05, 0) is 78.6 Å². The summed E-state index contributed by atoms with van der Waals surface area (Å²) in [5.74, 6) is 2.34. The topological polar surface area (TPSA) is 93.4 Å². The third kappa shape index (κ3) is 5.68. The molecule has 4 rings (SSSR count). The normalized spacial score (nSPS) is 16.8. The standard InChI is InChI=1S/C22H24BrN5O3/c1-2-30-18-8-5-15(6-9-18)21-26-20(31-27-21)14-28-11-3-4-16(13-28)22(29)25-19-10-7-17(23)12-24-19/h5-10,12,16H,2-4,11,13-14H2,1H3,(H,24,25,29)/t16-/m0/s1. The number of hydrogen-bond acceptors (Lipinski definition) is 7. The molecule has 0 spiro atoms. The van der Waals surface area contributed by atoms with E-state index < -0.39 is 0 Å². The van der Waals surface area contributed by atoms with Crippen LogP contribution in [0.1, 0.15) is 25.7 Å². The lowest BCUT2D eigenvalue weighted by Gasteiger charge is -2.30. The summed E-state index contributed by atoms with van der Waals surface area (Å²) in [7, 11) is 0. The molecule has 1 atom stereocenters. The summed E-state index contributed by atoms with van der Waals surface area (Å²) in [6.45, 7) is 4.63. The molecule has 0 saturated carbocycles. The van der Waals surface area contributed by atoms with Crippen LogP contribution in [0.2, 0.25) is 0 Å². The number of nitrogens with one attached hydrogen (secondary N) is 1. The van der Waals surface area contributed by atoms with Crippen LogP contribution in [0.4, 0.5) is 5.82 Å². The van der Waals surface area contributed by atoms with Crippen molar-refractivity contribution in [1.29, 1.82) is 0 Å². The Morgan fingerprint density at radius 2 is 2.13 bits per heavy atom. The highest BCUT2D eigenvalue weighted by Crippen LogP contribution is 2.23. The van der Waals surface area contributed by atoms with Crippen LogP contribution < -0.4 is 10.1 Å². The van der Waals surface area contributed by atoms with Crippen LogP contribution in [0, 0.1) is 5.92 Å². The third-order valence-corrected chi connectivity index (χ3v) is 5.57. The molecule has 31 heavy (non-hydrogen) atoms. The van der Waals surface area contributed by atoms with E-state index in [1.54, 1.807) is 12.3 Å². The van der Waals surface area contributed by atoms with Crippen molar-refractivity contribution in [2.24, 2.45) is 5.92 Å². The van der Waals surface area contributed by atoms with Crippen molar-refractivity contribution in [2.45, 2.75) is 26.3 Å². The first-order valence-electron chi connectivity index (χ1n) is 10.3. The molecule has 3 heterocycles. The lowest BCUT2D eigenvalue weighted by molar-refractivity contribution is -0.121. The largest absolute Gasteiger partial charge is 0.494 e. The van der Waals surface area contributed by atoms with Gasteiger partial charge in [0.25, 0.3) is 0 Å². The number of carbonyl (C=O) groups excluding carboxylic acids is 1. The molecule has 2 aromatic heterocycles. The first-order chi connectivity index (χ1) is 15.1. The van der Waals surface area contributed by atoms with Gasteiger partial charge in [0.05, 0.1) is 19.1 Å². The predicted molar refractivity (Wildman–Crippen MR) is 119 cm³/mol. The first kappa shape index (κ1) is 21.5. The molecule has 0 bridgehead atoms. The molecule has 9 heteroatoms. The molecular weight excluding hydrogens is 462 g/mol. The van der Waals surface area contributed by atoms with Crippen LogP contribution in [-0.4, -0.2) is 45.6 Å². The second-order valence-electron chi connectivity index (χ2n) is 7.39. The molecule has 0 aliphatic carbocycles. The number of nitrogens with zero attached hydrogens (tertiary/aromatic N) is 4. The summed E-state index contributed by atoms with van der Waals surface area (Å²) in [6, 6.07) is 11.2. The van der Waals surface area contributed by atoms with Crippen LogP contribution in [0.15, 0.2) is 51.6 Å². The van der Waals surface area contributed by atoms with Gasteiger partial charge in [-0.25, -0.2) is 4.98 Å². The van der Waals surface area contributed by atoms with E-state index in [-0.39, 0.29) is 11.8 Å². The van der Waals surface area contributed by atoms with Crippen LogP contribution in [-0.2, 0) is 11.3 Å². The van der Waals surface area contributed by atoms with Gasteiger partial charge in [-0.3, -0.25) is 9.69 Å². The molecule has 1 aromatic carbocycles. The van der Waals surface area contributed by atoms with Crippen molar-refractivity contribution in [3.63, 3.8) is 0 Å². The maximum Gasteiger partial charge on any atom is 0.241 e. The number of anilines is 1. The van der Waals surface area contributed by atoms with Crippen molar-refractivity contribution in [1.82, 2.24) is 20.0 Å². The molecule has 8 nitrogen and oxygen atoms in total. The minimum absolute atomic E-state index is 0.0138. The Labute approximate surface area is 189 Å². The van der Waals surface area contributed by atoms with E-state index >= 15 is 0 Å². The first-order valence-corrected chi connectivity index (χ1v) is 11.1. The Morgan fingerprint density at radius 3 is 2.87 bits per heavy atom. The molecule has 162 valence electrons. The molecule has 1 aliphatic rings. The van der Waals surface area contributed by atoms with E-state index in [1.807, 2.05) is 37.3 Å². The van der Waals surface area contributed by atoms with Gasteiger partial charge >= 0.3 is 0 Å². The van der Waals surface area contributed by atoms with Gasteiger partial charge in [-0.1, -0.05) is 5.16 Å². The van der Waals surface area contributed by atoms with Gasteiger partial charge in [0.2, 0.25) is 17.6 Å². The average molecular weight is 486 g/mol. The number of carbonyl (C=O) groups is 1. The zero-order chi connectivity index (χ0) is 21.6. The Kier molecular flexibility index (Phi) is 6.93. The smallest absolute Gasteiger partial charge is 0.241 e. The van der Waals surface area contributed by atoms with Gasteiger partial charge < -0.3 is 14.6 Å². The fourth-order valence-corrected chi connectivity index (χ4v) is 3.82. The van der Waals surface area contributed by atoms with Gasteiger partial charge in [0, 0.05) is 22.8 Å². The number of halogens is 1. The van der Waals surface area contributed by atoms with Crippen molar-refractivity contribution >= 4 is 27.7 Å². The quantitative estimate of drug-likeness (QED) is 0.537. The number of hydrogen-bond donors (Lipinski definition) is 1. The van der Waals surface area contributed by atoms with Crippen LogP contribution in [0.5, 0.6) is 5.75 Å². The van der Waals surface area contributed by atoms with Crippen LogP contribution in [0.25, 0.3) is 11.4 Å². The number of benzene rings is 1. The molecule has 3 aromatic rings. The highest BCUT2D eigenvalue weighted by atomic mass is 79.9. The number of aromatic nitrogens is 3. The summed E-state index contributed by atoms with van der Waals surface area (Å²) in [5, 5.41) is 7.00. The highest BCUT2D eigenvalue weighted by Gasteiger charge is 2.27. The van der Waals surface area contributed by atoms with E-state index in [0.717, 1.165) is 35.2 Å². The number of rotatable bonds is 7. The van der Waals surface area contributed by atoms with Gasteiger partial charge in [-0.2, -0.15) is 4.98 Å². The molecule has 1 N–H and O–H groups in total. The lowest BCUT2D eigenvalue weighted by atomic mass is 9.97. The minimum Gasteiger partial charge on any atom is -0.494 e. The van der Waals surface area contributed by atoms with E-state index in [1.165, 1.54) is 0 Å². The average Bonchev–Trinajstić information content (AvgIpc) is 3.25. The Morgan fingerprint density at radius 1 is 1.29 bits per heavy atom. The van der Waals surface area contributed by atoms with Crippen molar-refractivity contribution in [3.8, 4) is 17.1 Å². The van der Waals surface area contributed by atoms with E-state index in [4.69, 9.17) is 9.26 Å². The second-order valence-corrected chi connectivity index (χ2v) is 8.31.